The van der Waals surface area contributed by atoms with Gasteiger partial charge in [-0.3, -0.25) is 0 Å². The van der Waals surface area contributed by atoms with Gasteiger partial charge in [0.2, 0.25) is 0 Å². The summed E-state index contributed by atoms with van der Waals surface area (Å²) < 4.78 is -0.131. The third-order valence-electron chi connectivity index (χ3n) is 2.02. The minimum atomic E-state index is -0.131. The van der Waals surface area contributed by atoms with E-state index in [0.29, 0.717) is 5.88 Å². The number of para-hydroxylation sites is 1. The fourth-order valence-corrected chi connectivity index (χ4v) is 1.95. The first-order chi connectivity index (χ1) is 6.23. The minimum absolute atomic E-state index is 0.131. The number of rotatable bonds is 1. The Hall–Kier alpha value is -0.220. The molecule has 1 atom stereocenters. The van der Waals surface area contributed by atoms with Crippen molar-refractivity contribution in [1.82, 2.24) is 0 Å². The van der Waals surface area contributed by atoms with Gasteiger partial charge in [0, 0.05) is 5.69 Å². The Balaban J connectivity index is 2.39. The van der Waals surface area contributed by atoms with Crippen LogP contribution in [0.25, 0.3) is 6.08 Å². The van der Waals surface area contributed by atoms with Crippen LogP contribution >= 0.6 is 34.2 Å². The van der Waals surface area contributed by atoms with E-state index >= 15 is 0 Å². The maximum absolute atomic E-state index is 5.87. The molecule has 0 saturated heterocycles. The number of alkyl halides is 2. The van der Waals surface area contributed by atoms with Crippen molar-refractivity contribution in [2.24, 2.45) is 0 Å². The van der Waals surface area contributed by atoms with Gasteiger partial charge in [-0.2, -0.15) is 0 Å². The van der Waals surface area contributed by atoms with E-state index in [0.717, 1.165) is 5.69 Å². The first-order valence-corrected chi connectivity index (χ1v) is 5.66. The Morgan fingerprint density at radius 3 is 2.92 bits per heavy atom. The molecule has 1 aliphatic rings. The monoisotopic (exact) mass is 305 g/mol. The first-order valence-electron chi connectivity index (χ1n) is 4.05. The van der Waals surface area contributed by atoms with E-state index in [2.05, 4.69) is 52.2 Å². The van der Waals surface area contributed by atoms with Crippen LogP contribution in [0.2, 0.25) is 0 Å². The van der Waals surface area contributed by atoms with Crippen LogP contribution in [0, 0.1) is 0 Å². The van der Waals surface area contributed by atoms with E-state index in [4.69, 9.17) is 11.6 Å². The second kappa shape index (κ2) is 3.50. The first kappa shape index (κ1) is 9.34. The van der Waals surface area contributed by atoms with Crippen molar-refractivity contribution >= 4 is 46.0 Å². The Kier molecular flexibility index (Phi) is 2.51. The van der Waals surface area contributed by atoms with Crippen molar-refractivity contribution in [2.45, 2.75) is 3.55 Å². The van der Waals surface area contributed by atoms with Crippen LogP contribution < -0.4 is 5.32 Å². The van der Waals surface area contributed by atoms with Gasteiger partial charge in [0.25, 0.3) is 0 Å². The molecule has 0 bridgehead atoms. The number of hydrogen-bond donors (Lipinski definition) is 1. The van der Waals surface area contributed by atoms with Gasteiger partial charge >= 0.3 is 0 Å². The highest BCUT2D eigenvalue weighted by Crippen LogP contribution is 2.32. The number of hydrogen-bond acceptors (Lipinski definition) is 1. The molecule has 1 N–H and O–H groups in total. The highest BCUT2D eigenvalue weighted by atomic mass is 127. The molecular formula is C10H9ClIN. The lowest BCUT2D eigenvalue weighted by atomic mass is 10.1. The van der Waals surface area contributed by atoms with Crippen molar-refractivity contribution < 1.29 is 0 Å². The number of anilines is 1. The molecule has 68 valence electrons. The van der Waals surface area contributed by atoms with Crippen LogP contribution in [0.4, 0.5) is 5.69 Å². The van der Waals surface area contributed by atoms with Gasteiger partial charge in [-0.15, -0.1) is 11.6 Å². The minimum Gasteiger partial charge on any atom is -0.366 e. The second-order valence-corrected chi connectivity index (χ2v) is 5.23. The molecule has 0 spiro atoms. The van der Waals surface area contributed by atoms with Crippen molar-refractivity contribution in [3.05, 3.63) is 35.9 Å². The van der Waals surface area contributed by atoms with E-state index < -0.39 is 0 Å². The zero-order valence-electron chi connectivity index (χ0n) is 6.93. The summed E-state index contributed by atoms with van der Waals surface area (Å²) in [7, 11) is 0. The average molecular weight is 306 g/mol. The van der Waals surface area contributed by atoms with Crippen LogP contribution in [0.15, 0.2) is 30.3 Å². The van der Waals surface area contributed by atoms with E-state index in [-0.39, 0.29) is 3.55 Å². The number of halogens is 2. The SMILES string of the molecule is ClCC1(I)C=Cc2ccccc2N1. The molecule has 1 unspecified atom stereocenters. The van der Waals surface area contributed by atoms with Crippen LogP contribution in [0.5, 0.6) is 0 Å². The molecule has 1 heterocycles. The topological polar surface area (TPSA) is 12.0 Å². The molecule has 0 saturated carbocycles. The quantitative estimate of drug-likeness (QED) is 0.476. The standard InChI is InChI=1S/C10H9ClIN/c11-7-10(12)6-5-8-3-1-2-4-9(8)13-10/h1-6,13H,7H2. The number of nitrogens with one attached hydrogen (secondary N) is 1. The third-order valence-corrected chi connectivity index (χ3v) is 3.91. The highest BCUT2D eigenvalue weighted by molar-refractivity contribution is 14.1. The molecule has 0 radical (unpaired) electrons. The van der Waals surface area contributed by atoms with Gasteiger partial charge < -0.3 is 5.32 Å². The van der Waals surface area contributed by atoms with Crippen molar-refractivity contribution in [3.63, 3.8) is 0 Å². The fraction of sp³-hybridized carbons (Fsp3) is 0.200. The highest BCUT2D eigenvalue weighted by Gasteiger charge is 2.25. The Morgan fingerprint density at radius 1 is 1.38 bits per heavy atom. The number of fused-ring (bicyclic) bond motifs is 1. The second-order valence-electron chi connectivity index (χ2n) is 3.04. The van der Waals surface area contributed by atoms with E-state index in [1.165, 1.54) is 5.56 Å². The molecule has 1 aromatic carbocycles. The maximum atomic E-state index is 5.87. The van der Waals surface area contributed by atoms with Crippen molar-refractivity contribution in [1.29, 1.82) is 0 Å². The normalized spacial score (nSPS) is 25.1. The van der Waals surface area contributed by atoms with Crippen molar-refractivity contribution in [2.75, 3.05) is 11.2 Å². The zero-order valence-corrected chi connectivity index (χ0v) is 9.84. The molecule has 0 aromatic heterocycles. The molecule has 0 fully saturated rings. The molecule has 1 nitrogen and oxygen atoms in total. The molecule has 0 amide bonds. The molecule has 3 heteroatoms. The molecular weight excluding hydrogens is 296 g/mol. The van der Waals surface area contributed by atoms with Crippen LogP contribution in [0.3, 0.4) is 0 Å². The average Bonchev–Trinajstić information content (AvgIpc) is 2.18. The van der Waals surface area contributed by atoms with E-state index in [9.17, 15) is 0 Å². The summed E-state index contributed by atoms with van der Waals surface area (Å²) >= 11 is 8.19. The molecule has 13 heavy (non-hydrogen) atoms. The largest absolute Gasteiger partial charge is 0.366 e. The lowest BCUT2D eigenvalue weighted by Gasteiger charge is -2.28. The Morgan fingerprint density at radius 2 is 2.15 bits per heavy atom. The molecule has 0 aliphatic carbocycles. The van der Waals surface area contributed by atoms with Gasteiger partial charge in [0.05, 0.1) is 5.88 Å². The van der Waals surface area contributed by atoms with Crippen LogP contribution in [-0.2, 0) is 0 Å². The Labute approximate surface area is 96.3 Å². The van der Waals surface area contributed by atoms with Crippen LogP contribution in [-0.4, -0.2) is 9.43 Å². The fourth-order valence-electron chi connectivity index (χ4n) is 1.32. The Bertz CT molecular complexity index is 351. The van der Waals surface area contributed by atoms with Crippen molar-refractivity contribution in [3.8, 4) is 0 Å². The summed E-state index contributed by atoms with van der Waals surface area (Å²) in [5.41, 5.74) is 2.37. The van der Waals surface area contributed by atoms with Gasteiger partial charge in [0.15, 0.2) is 0 Å². The lowest BCUT2D eigenvalue weighted by Crippen LogP contribution is -2.32. The summed E-state index contributed by atoms with van der Waals surface area (Å²) in [6.07, 6.45) is 4.21. The summed E-state index contributed by atoms with van der Waals surface area (Å²) in [6.45, 7) is 0. The van der Waals surface area contributed by atoms with Gasteiger partial charge in [0.1, 0.15) is 3.55 Å². The summed E-state index contributed by atoms with van der Waals surface area (Å²) in [5.74, 6) is 0.568. The molecule has 2 rings (SSSR count). The summed E-state index contributed by atoms with van der Waals surface area (Å²) in [5, 5.41) is 3.39. The van der Waals surface area contributed by atoms with Gasteiger partial charge in [-0.25, -0.2) is 0 Å². The van der Waals surface area contributed by atoms with Crippen LogP contribution in [0.1, 0.15) is 5.56 Å². The van der Waals surface area contributed by atoms with Gasteiger partial charge in [-0.1, -0.05) is 24.3 Å². The summed E-state index contributed by atoms with van der Waals surface area (Å²) in [6, 6.07) is 8.21. The van der Waals surface area contributed by atoms with E-state index in [1.54, 1.807) is 0 Å². The zero-order chi connectivity index (χ0) is 9.31. The lowest BCUT2D eigenvalue weighted by molar-refractivity contribution is 0.966. The smallest absolute Gasteiger partial charge is 0.122 e. The predicted molar refractivity (Wildman–Crippen MR) is 66.6 cm³/mol. The number of benzene rings is 1. The third kappa shape index (κ3) is 1.83. The summed E-state index contributed by atoms with van der Waals surface area (Å²) in [4.78, 5) is 0. The maximum Gasteiger partial charge on any atom is 0.122 e. The predicted octanol–water partition coefficient (Wildman–Crippen LogP) is 3.50. The molecule has 1 aliphatic heterocycles. The molecule has 1 aromatic rings. The van der Waals surface area contributed by atoms with Gasteiger partial charge in [-0.05, 0) is 40.3 Å². The van der Waals surface area contributed by atoms with E-state index in [1.807, 2.05) is 12.1 Å².